The Kier molecular flexibility index (Phi) is 3.85. The molecule has 0 fully saturated rings. The van der Waals surface area contributed by atoms with Gasteiger partial charge in [0.05, 0.1) is 17.7 Å². The highest BCUT2D eigenvalue weighted by atomic mass is 35.5. The van der Waals surface area contributed by atoms with Crippen molar-refractivity contribution in [1.82, 2.24) is 4.98 Å². The van der Waals surface area contributed by atoms with Gasteiger partial charge in [-0.15, -0.1) is 0 Å². The van der Waals surface area contributed by atoms with Crippen LogP contribution in [-0.2, 0) is 10.9 Å². The lowest BCUT2D eigenvalue weighted by molar-refractivity contribution is -0.141. The van der Waals surface area contributed by atoms with Crippen LogP contribution in [0.2, 0.25) is 5.02 Å². The zero-order chi connectivity index (χ0) is 14.9. The first-order valence-electron chi connectivity index (χ1n) is 5.68. The molecule has 0 amide bonds. The van der Waals surface area contributed by atoms with E-state index in [-0.39, 0.29) is 22.5 Å². The summed E-state index contributed by atoms with van der Waals surface area (Å²) in [7, 11) is 0. The molecule has 0 radical (unpaired) electrons. The maximum absolute atomic E-state index is 13.0. The molecule has 0 bridgehead atoms. The van der Waals surface area contributed by atoms with E-state index in [4.69, 9.17) is 11.6 Å². The van der Waals surface area contributed by atoms with Crippen LogP contribution in [0.15, 0.2) is 24.3 Å². The lowest BCUT2D eigenvalue weighted by Crippen LogP contribution is -2.17. The largest absolute Gasteiger partial charge is 0.462 e. The van der Waals surface area contributed by atoms with Crippen molar-refractivity contribution in [1.29, 1.82) is 0 Å². The van der Waals surface area contributed by atoms with E-state index in [1.165, 1.54) is 25.1 Å². The summed E-state index contributed by atoms with van der Waals surface area (Å²) in [6, 6.07) is 5.45. The molecule has 106 valence electrons. The van der Waals surface area contributed by atoms with Crippen molar-refractivity contribution in [3.8, 4) is 0 Å². The summed E-state index contributed by atoms with van der Waals surface area (Å²) in [5.41, 5.74) is -1.84. The van der Waals surface area contributed by atoms with Gasteiger partial charge in [-0.1, -0.05) is 17.7 Å². The summed E-state index contributed by atoms with van der Waals surface area (Å²) in [6.45, 7) is 1.48. The van der Waals surface area contributed by atoms with Gasteiger partial charge in [0.15, 0.2) is 5.69 Å². The number of nitrogens with zero attached hydrogens (tertiary/aromatic N) is 1. The highest BCUT2D eigenvalue weighted by Crippen LogP contribution is 2.34. The normalized spacial score (nSPS) is 11.7. The number of pyridine rings is 1. The molecule has 0 N–H and O–H groups in total. The number of carbonyl (C=O) groups excluding carboxylic acids is 1. The topological polar surface area (TPSA) is 39.2 Å². The molecule has 0 unspecified atom stereocenters. The van der Waals surface area contributed by atoms with Crippen LogP contribution < -0.4 is 0 Å². The second kappa shape index (κ2) is 5.28. The smallest absolute Gasteiger partial charge is 0.434 e. The first-order chi connectivity index (χ1) is 9.34. The molecule has 0 aliphatic carbocycles. The van der Waals surface area contributed by atoms with Crippen LogP contribution in [0.1, 0.15) is 23.0 Å². The predicted molar refractivity (Wildman–Crippen MR) is 67.7 cm³/mol. The van der Waals surface area contributed by atoms with Crippen LogP contribution >= 0.6 is 11.6 Å². The molecule has 2 aromatic rings. The number of hydrogen-bond donors (Lipinski definition) is 0. The quantitative estimate of drug-likeness (QED) is 0.785. The summed E-state index contributed by atoms with van der Waals surface area (Å²) in [5, 5.41) is 0.486. The third-order valence-corrected chi connectivity index (χ3v) is 2.90. The SMILES string of the molecule is CCOC(=O)c1cc2c(Cl)cccc2nc1C(F)(F)F. The van der Waals surface area contributed by atoms with Gasteiger partial charge in [-0.05, 0) is 25.1 Å². The Hall–Kier alpha value is -1.82. The first-order valence-corrected chi connectivity index (χ1v) is 6.06. The minimum Gasteiger partial charge on any atom is -0.462 e. The lowest BCUT2D eigenvalue weighted by atomic mass is 10.1. The number of rotatable bonds is 2. The van der Waals surface area contributed by atoms with E-state index >= 15 is 0 Å². The molecular formula is C13H9ClF3NO2. The maximum Gasteiger partial charge on any atom is 0.434 e. The van der Waals surface area contributed by atoms with Crippen LogP contribution in [0.4, 0.5) is 13.2 Å². The van der Waals surface area contributed by atoms with Crippen LogP contribution in [0.5, 0.6) is 0 Å². The molecule has 1 heterocycles. The van der Waals surface area contributed by atoms with E-state index in [1.807, 2.05) is 0 Å². The Balaban J connectivity index is 2.74. The Labute approximate surface area is 117 Å². The molecule has 0 aliphatic heterocycles. The van der Waals surface area contributed by atoms with Crippen LogP contribution in [-0.4, -0.2) is 17.6 Å². The van der Waals surface area contributed by atoms with Crippen molar-refractivity contribution in [3.63, 3.8) is 0 Å². The molecule has 0 aliphatic rings. The van der Waals surface area contributed by atoms with Crippen LogP contribution in [0.3, 0.4) is 0 Å². The third-order valence-electron chi connectivity index (χ3n) is 2.57. The number of ether oxygens (including phenoxy) is 1. The Morgan fingerprint density at radius 2 is 2.10 bits per heavy atom. The second-order valence-electron chi connectivity index (χ2n) is 3.91. The molecule has 0 spiro atoms. The van der Waals surface area contributed by atoms with Crippen molar-refractivity contribution in [3.05, 3.63) is 40.5 Å². The number of carbonyl (C=O) groups is 1. The van der Waals surface area contributed by atoms with E-state index in [1.54, 1.807) is 0 Å². The summed E-state index contributed by atoms with van der Waals surface area (Å²) in [6.07, 6.45) is -4.75. The number of esters is 1. The fourth-order valence-corrected chi connectivity index (χ4v) is 1.96. The zero-order valence-electron chi connectivity index (χ0n) is 10.3. The van der Waals surface area contributed by atoms with Crippen molar-refractivity contribution in [2.75, 3.05) is 6.61 Å². The average molecular weight is 304 g/mol. The molecule has 1 aromatic heterocycles. The molecule has 0 atom stereocenters. The van der Waals surface area contributed by atoms with E-state index in [9.17, 15) is 18.0 Å². The standard InChI is InChI=1S/C13H9ClF3NO2/c1-2-20-12(19)8-6-7-9(14)4-3-5-10(7)18-11(8)13(15,16)17/h3-6H,2H2,1H3. The Bertz CT molecular complexity index is 670. The summed E-state index contributed by atoms with van der Waals surface area (Å²) in [5.74, 6) is -1.07. The minimum absolute atomic E-state index is 0.0311. The number of fused-ring (bicyclic) bond motifs is 1. The summed E-state index contributed by atoms with van der Waals surface area (Å²) in [4.78, 5) is 15.2. The maximum atomic E-state index is 13.0. The van der Waals surface area contributed by atoms with E-state index < -0.39 is 23.4 Å². The van der Waals surface area contributed by atoms with Gasteiger partial charge in [-0.25, -0.2) is 9.78 Å². The van der Waals surface area contributed by atoms with Crippen molar-refractivity contribution in [2.45, 2.75) is 13.1 Å². The summed E-state index contributed by atoms with van der Waals surface area (Å²) < 4.78 is 43.6. The monoisotopic (exact) mass is 303 g/mol. The fourth-order valence-electron chi connectivity index (χ4n) is 1.74. The Morgan fingerprint density at radius 3 is 2.70 bits per heavy atom. The summed E-state index contributed by atoms with van der Waals surface area (Å²) >= 11 is 5.90. The van der Waals surface area contributed by atoms with Crippen molar-refractivity contribution >= 4 is 28.5 Å². The van der Waals surface area contributed by atoms with Gasteiger partial charge in [0.25, 0.3) is 0 Å². The number of halogens is 4. The van der Waals surface area contributed by atoms with Crippen molar-refractivity contribution < 1.29 is 22.7 Å². The molecule has 2 rings (SSSR count). The molecule has 20 heavy (non-hydrogen) atoms. The van der Waals surface area contributed by atoms with Gasteiger partial charge >= 0.3 is 12.1 Å². The molecule has 0 saturated heterocycles. The number of alkyl halides is 3. The Morgan fingerprint density at radius 1 is 1.40 bits per heavy atom. The minimum atomic E-state index is -4.75. The van der Waals surface area contributed by atoms with Crippen LogP contribution in [0, 0.1) is 0 Å². The predicted octanol–water partition coefficient (Wildman–Crippen LogP) is 4.08. The fraction of sp³-hybridized carbons (Fsp3) is 0.231. The van der Waals surface area contributed by atoms with Gasteiger partial charge in [0, 0.05) is 10.4 Å². The molecule has 7 heteroatoms. The molecular weight excluding hydrogens is 295 g/mol. The van der Waals surface area contributed by atoms with Gasteiger partial charge in [0.2, 0.25) is 0 Å². The number of aromatic nitrogens is 1. The van der Waals surface area contributed by atoms with E-state index in [2.05, 4.69) is 9.72 Å². The third kappa shape index (κ3) is 2.70. The van der Waals surface area contributed by atoms with Gasteiger partial charge in [-0.2, -0.15) is 13.2 Å². The second-order valence-corrected chi connectivity index (χ2v) is 4.32. The number of hydrogen-bond acceptors (Lipinski definition) is 3. The van der Waals surface area contributed by atoms with Gasteiger partial charge < -0.3 is 4.74 Å². The van der Waals surface area contributed by atoms with Crippen LogP contribution in [0.25, 0.3) is 10.9 Å². The first kappa shape index (κ1) is 14.6. The number of benzene rings is 1. The average Bonchev–Trinajstić information content (AvgIpc) is 2.37. The lowest BCUT2D eigenvalue weighted by Gasteiger charge is -2.12. The van der Waals surface area contributed by atoms with Crippen molar-refractivity contribution in [2.24, 2.45) is 0 Å². The molecule has 1 aromatic carbocycles. The van der Waals surface area contributed by atoms with Gasteiger partial charge in [0.1, 0.15) is 0 Å². The van der Waals surface area contributed by atoms with Gasteiger partial charge in [-0.3, -0.25) is 0 Å². The van der Waals surface area contributed by atoms with E-state index in [0.29, 0.717) is 0 Å². The van der Waals surface area contributed by atoms with E-state index in [0.717, 1.165) is 6.07 Å². The highest BCUT2D eigenvalue weighted by Gasteiger charge is 2.38. The zero-order valence-corrected chi connectivity index (χ0v) is 11.0. The highest BCUT2D eigenvalue weighted by molar-refractivity contribution is 6.35. The molecule has 3 nitrogen and oxygen atoms in total. The molecule has 0 saturated carbocycles.